The molecular weight excluding hydrogens is 448 g/mol. The summed E-state index contributed by atoms with van der Waals surface area (Å²) in [6.45, 7) is 0.407. The topological polar surface area (TPSA) is 111 Å². The molecule has 0 radical (unpaired) electrons. The normalized spacial score (nSPS) is 11.4. The number of nitrogens with one attached hydrogen (secondary N) is 1. The molecule has 0 unspecified atom stereocenters. The summed E-state index contributed by atoms with van der Waals surface area (Å²) >= 11 is 0. The average Bonchev–Trinajstić information content (AvgIpc) is 2.87. The first-order chi connectivity index (χ1) is 16.5. The Balaban J connectivity index is 1.69. The fourth-order valence-corrected chi connectivity index (χ4v) is 4.23. The van der Waals surface area contributed by atoms with E-state index in [4.69, 9.17) is 9.97 Å². The predicted molar refractivity (Wildman–Crippen MR) is 131 cm³/mol. The van der Waals surface area contributed by atoms with E-state index in [9.17, 15) is 8.42 Å². The van der Waals surface area contributed by atoms with Crippen molar-refractivity contribution in [1.82, 2.24) is 24.9 Å². The molecule has 0 amide bonds. The van der Waals surface area contributed by atoms with E-state index in [0.717, 1.165) is 34.0 Å². The van der Waals surface area contributed by atoms with Crippen molar-refractivity contribution in [3.05, 3.63) is 91.3 Å². The second-order valence-corrected chi connectivity index (χ2v) is 9.71. The lowest BCUT2D eigenvalue weighted by Gasteiger charge is -2.14. The van der Waals surface area contributed by atoms with E-state index in [-0.39, 0.29) is 4.90 Å². The summed E-state index contributed by atoms with van der Waals surface area (Å²) < 4.78 is 24.1. The number of sulfone groups is 1. The highest BCUT2D eigenvalue weighted by Crippen LogP contribution is 2.34. The lowest BCUT2D eigenvalue weighted by atomic mass is 10.0. The number of anilines is 1. The van der Waals surface area contributed by atoms with Crippen LogP contribution in [0.15, 0.2) is 90.5 Å². The molecule has 0 bridgehead atoms. The molecular formula is C25H20N6O2S. The standard InChI is InChI=1S/C25H20N6O2S/c1-34(32,33)20-12-18(13-27-16-20)24-30-22-9-5-8-21(17-6-3-2-4-7-17)23(22)25(31-24)29-15-19-14-26-10-11-28-19/h2-14,16H,15H2,1H3,(H,29,30,31). The van der Waals surface area contributed by atoms with E-state index in [0.29, 0.717) is 23.8 Å². The van der Waals surface area contributed by atoms with Crippen LogP contribution in [0.3, 0.4) is 0 Å². The van der Waals surface area contributed by atoms with Crippen molar-refractivity contribution in [1.29, 1.82) is 0 Å². The second-order valence-electron chi connectivity index (χ2n) is 7.69. The van der Waals surface area contributed by atoms with Gasteiger partial charge in [0.2, 0.25) is 0 Å². The van der Waals surface area contributed by atoms with Crippen molar-refractivity contribution in [3.63, 3.8) is 0 Å². The summed E-state index contributed by atoms with van der Waals surface area (Å²) in [4.78, 5) is 22.2. The van der Waals surface area contributed by atoms with Gasteiger partial charge < -0.3 is 5.32 Å². The highest BCUT2D eigenvalue weighted by atomic mass is 32.2. The van der Waals surface area contributed by atoms with Gasteiger partial charge in [0, 0.05) is 36.6 Å². The first kappa shape index (κ1) is 21.6. The third kappa shape index (κ3) is 4.46. The van der Waals surface area contributed by atoms with Gasteiger partial charge in [0.1, 0.15) is 5.82 Å². The van der Waals surface area contributed by atoms with Gasteiger partial charge >= 0.3 is 0 Å². The minimum atomic E-state index is -3.42. The first-order valence-electron chi connectivity index (χ1n) is 10.5. The van der Waals surface area contributed by atoms with Crippen molar-refractivity contribution in [2.45, 2.75) is 11.4 Å². The van der Waals surface area contributed by atoms with E-state index >= 15 is 0 Å². The molecule has 1 N–H and O–H groups in total. The molecule has 0 aliphatic heterocycles. The number of pyridine rings is 1. The lowest BCUT2D eigenvalue weighted by molar-refractivity contribution is 0.601. The SMILES string of the molecule is CS(=O)(=O)c1cncc(-c2nc(NCc3cnccn3)c3c(-c4ccccc4)cccc3n2)c1. The van der Waals surface area contributed by atoms with Crippen molar-refractivity contribution in [3.8, 4) is 22.5 Å². The molecule has 168 valence electrons. The zero-order valence-electron chi connectivity index (χ0n) is 18.3. The van der Waals surface area contributed by atoms with Gasteiger partial charge in [-0.05, 0) is 23.3 Å². The Hall–Kier alpha value is -4.24. The largest absolute Gasteiger partial charge is 0.364 e. The molecule has 0 saturated heterocycles. The zero-order valence-corrected chi connectivity index (χ0v) is 19.1. The average molecular weight is 469 g/mol. The number of hydrogen-bond acceptors (Lipinski definition) is 8. The molecule has 0 spiro atoms. The Kier molecular flexibility index (Phi) is 5.69. The molecule has 0 saturated carbocycles. The Morgan fingerprint density at radius 1 is 0.853 bits per heavy atom. The van der Waals surface area contributed by atoms with Crippen LogP contribution in [0.2, 0.25) is 0 Å². The smallest absolute Gasteiger partial charge is 0.177 e. The Labute approximate surface area is 196 Å². The quantitative estimate of drug-likeness (QED) is 0.395. The molecule has 0 fully saturated rings. The van der Waals surface area contributed by atoms with Crippen LogP contribution in [-0.4, -0.2) is 39.6 Å². The predicted octanol–water partition coefficient (Wildman–Crippen LogP) is 4.16. The van der Waals surface area contributed by atoms with Crippen molar-refractivity contribution in [2.75, 3.05) is 11.6 Å². The van der Waals surface area contributed by atoms with Gasteiger partial charge in [-0.25, -0.2) is 18.4 Å². The van der Waals surface area contributed by atoms with E-state index in [2.05, 4.69) is 20.3 Å². The van der Waals surface area contributed by atoms with Crippen LogP contribution in [-0.2, 0) is 16.4 Å². The Morgan fingerprint density at radius 2 is 1.71 bits per heavy atom. The summed E-state index contributed by atoms with van der Waals surface area (Å²) in [5.41, 5.74) is 4.01. The van der Waals surface area contributed by atoms with Crippen LogP contribution in [0.4, 0.5) is 5.82 Å². The molecule has 9 heteroatoms. The Bertz CT molecular complexity index is 1580. The maximum Gasteiger partial charge on any atom is 0.177 e. The molecule has 34 heavy (non-hydrogen) atoms. The molecule has 3 heterocycles. The van der Waals surface area contributed by atoms with Crippen LogP contribution >= 0.6 is 0 Å². The van der Waals surface area contributed by atoms with Crippen LogP contribution in [0.5, 0.6) is 0 Å². The molecule has 5 rings (SSSR count). The molecule has 5 aromatic rings. The summed E-state index contributed by atoms with van der Waals surface area (Å²) in [6.07, 6.45) is 8.98. The molecule has 0 atom stereocenters. The molecule has 3 aromatic heterocycles. The van der Waals surface area contributed by atoms with Crippen molar-refractivity contribution >= 4 is 26.6 Å². The van der Waals surface area contributed by atoms with Gasteiger partial charge in [-0.2, -0.15) is 0 Å². The van der Waals surface area contributed by atoms with Crippen LogP contribution in [0.25, 0.3) is 33.4 Å². The van der Waals surface area contributed by atoms with Crippen LogP contribution in [0, 0.1) is 0 Å². The van der Waals surface area contributed by atoms with Crippen molar-refractivity contribution < 1.29 is 8.42 Å². The monoisotopic (exact) mass is 468 g/mol. The third-order valence-corrected chi connectivity index (χ3v) is 6.34. The third-order valence-electron chi connectivity index (χ3n) is 5.26. The molecule has 2 aromatic carbocycles. The summed E-state index contributed by atoms with van der Waals surface area (Å²) in [5.74, 6) is 0.979. The van der Waals surface area contributed by atoms with Crippen molar-refractivity contribution in [2.24, 2.45) is 0 Å². The minimum absolute atomic E-state index is 0.112. The summed E-state index contributed by atoms with van der Waals surface area (Å²) in [7, 11) is -3.42. The zero-order chi connectivity index (χ0) is 23.5. The fraction of sp³-hybridized carbons (Fsp3) is 0.0800. The number of aromatic nitrogens is 5. The van der Waals surface area contributed by atoms with E-state index in [1.807, 2.05) is 48.5 Å². The van der Waals surface area contributed by atoms with Gasteiger partial charge in [-0.3, -0.25) is 15.0 Å². The molecule has 0 aliphatic rings. The minimum Gasteiger partial charge on any atom is -0.364 e. The van der Waals surface area contributed by atoms with Gasteiger partial charge in [0.05, 0.1) is 34.2 Å². The van der Waals surface area contributed by atoms with Gasteiger partial charge in [-0.15, -0.1) is 0 Å². The van der Waals surface area contributed by atoms with Gasteiger partial charge in [0.15, 0.2) is 15.7 Å². The number of rotatable bonds is 6. The van der Waals surface area contributed by atoms with Gasteiger partial charge in [0.25, 0.3) is 0 Å². The molecule has 8 nitrogen and oxygen atoms in total. The highest BCUT2D eigenvalue weighted by Gasteiger charge is 2.16. The number of fused-ring (bicyclic) bond motifs is 1. The molecule has 0 aliphatic carbocycles. The number of nitrogens with zero attached hydrogens (tertiary/aromatic N) is 5. The number of benzene rings is 2. The lowest BCUT2D eigenvalue weighted by Crippen LogP contribution is -2.07. The van der Waals surface area contributed by atoms with E-state index in [1.165, 1.54) is 12.3 Å². The fourth-order valence-electron chi connectivity index (χ4n) is 3.64. The maximum atomic E-state index is 12.1. The second kappa shape index (κ2) is 8.95. The maximum absolute atomic E-state index is 12.1. The number of hydrogen-bond donors (Lipinski definition) is 1. The summed E-state index contributed by atoms with van der Waals surface area (Å²) in [5, 5.41) is 4.23. The summed E-state index contributed by atoms with van der Waals surface area (Å²) in [6, 6.07) is 17.4. The first-order valence-corrected chi connectivity index (χ1v) is 12.4. The van der Waals surface area contributed by atoms with E-state index in [1.54, 1.807) is 24.8 Å². The van der Waals surface area contributed by atoms with Crippen LogP contribution in [0.1, 0.15) is 5.69 Å². The highest BCUT2D eigenvalue weighted by molar-refractivity contribution is 7.90. The Morgan fingerprint density at radius 3 is 2.47 bits per heavy atom. The van der Waals surface area contributed by atoms with Crippen LogP contribution < -0.4 is 5.32 Å². The van der Waals surface area contributed by atoms with Gasteiger partial charge in [-0.1, -0.05) is 42.5 Å². The van der Waals surface area contributed by atoms with E-state index < -0.39 is 9.84 Å².